The van der Waals surface area contributed by atoms with Crippen LogP contribution in [-0.2, 0) is 16.2 Å². The van der Waals surface area contributed by atoms with E-state index >= 15 is 0 Å². The summed E-state index contributed by atoms with van der Waals surface area (Å²) in [7, 11) is 0. The third-order valence-electron chi connectivity index (χ3n) is 22.9. The van der Waals surface area contributed by atoms with E-state index in [-0.39, 0.29) is 43.6 Å². The van der Waals surface area contributed by atoms with Crippen LogP contribution in [0.25, 0.3) is 133 Å². The number of rotatable bonds is 11. The first kappa shape index (κ1) is 53.6. The van der Waals surface area contributed by atoms with Gasteiger partial charge in [-0.15, -0.1) is 0 Å². The maximum Gasteiger partial charge on any atom is 0.252 e. The van der Waals surface area contributed by atoms with E-state index in [2.05, 4.69) is 230 Å². The van der Waals surface area contributed by atoms with Crippen LogP contribution in [0.3, 0.4) is 0 Å². The van der Waals surface area contributed by atoms with Gasteiger partial charge in [0, 0.05) is 77.9 Å². The molecule has 16 aromatic carbocycles. The number of fused-ring (bicyclic) bond motifs is 10. The molecule has 18 aromatic rings. The second kappa shape index (κ2) is 26.8. The lowest BCUT2D eigenvalue weighted by Crippen LogP contribution is -2.61. The molecule has 4 nitrogen and oxygen atoms in total. The fraction of sp³-hybridized carbons (Fsp3) is 0.111. The summed E-state index contributed by atoms with van der Waals surface area (Å²) in [6.07, 6.45) is 0. The first-order chi connectivity index (χ1) is 61.6. The Bertz CT molecular complexity index is 7440. The molecule has 0 N–H and O–H groups in total. The van der Waals surface area contributed by atoms with E-state index in [0.29, 0.717) is 34.1 Å². The van der Waals surface area contributed by atoms with Crippen molar-refractivity contribution in [3.05, 3.63) is 380 Å². The highest BCUT2D eigenvalue weighted by molar-refractivity contribution is 7.00. The lowest BCUT2D eigenvalue weighted by atomic mass is 9.33. The van der Waals surface area contributed by atoms with Gasteiger partial charge in [0.05, 0.1) is 55.4 Å². The van der Waals surface area contributed by atoms with Crippen LogP contribution in [0.4, 0.5) is 34.1 Å². The molecular formula is C108H87BN4. The normalized spacial score (nSPS) is 14.8. The molecule has 0 radical (unpaired) electrons. The zero-order valence-corrected chi connectivity index (χ0v) is 64.3. The van der Waals surface area contributed by atoms with E-state index in [1.165, 1.54) is 0 Å². The van der Waals surface area contributed by atoms with Crippen molar-refractivity contribution in [3.8, 4) is 89.3 Å². The van der Waals surface area contributed by atoms with Crippen molar-refractivity contribution in [2.24, 2.45) is 0 Å². The highest BCUT2D eigenvalue weighted by Crippen LogP contribution is 2.56. The average molecular weight is 1470 g/mol. The number of aromatic nitrogens is 2. The van der Waals surface area contributed by atoms with E-state index in [1.807, 2.05) is 109 Å². The number of para-hydroxylation sites is 5. The predicted octanol–water partition coefficient (Wildman–Crippen LogP) is 27.5. The molecule has 0 spiro atoms. The molecule has 0 fully saturated rings. The average Bonchev–Trinajstić information content (AvgIpc) is 1.36. The minimum Gasteiger partial charge on any atom is -0.310 e. The molecule has 4 heterocycles. The zero-order valence-electron chi connectivity index (χ0n) is 80.3. The minimum atomic E-state index is -0.823. The molecule has 0 unspecified atom stereocenters. The Morgan fingerprint density at radius 3 is 0.912 bits per heavy atom. The van der Waals surface area contributed by atoms with Crippen LogP contribution in [0.1, 0.15) is 101 Å². The van der Waals surface area contributed by atoms with E-state index < -0.39 is 120 Å². The fourth-order valence-corrected chi connectivity index (χ4v) is 17.1. The van der Waals surface area contributed by atoms with E-state index in [1.54, 1.807) is 9.13 Å². The van der Waals surface area contributed by atoms with Gasteiger partial charge in [-0.05, 0) is 178 Å². The monoisotopic (exact) mass is 1470 g/mol. The van der Waals surface area contributed by atoms with Gasteiger partial charge in [-0.2, -0.15) is 0 Å². The predicted molar refractivity (Wildman–Crippen MR) is 483 cm³/mol. The number of anilines is 6. The summed E-state index contributed by atoms with van der Waals surface area (Å²) >= 11 is 0. The fourth-order valence-electron chi connectivity index (χ4n) is 17.1. The van der Waals surface area contributed by atoms with Crippen LogP contribution in [-0.4, -0.2) is 15.8 Å². The van der Waals surface area contributed by atoms with Crippen molar-refractivity contribution in [1.82, 2.24) is 9.13 Å². The van der Waals surface area contributed by atoms with Crippen LogP contribution < -0.4 is 26.2 Å². The van der Waals surface area contributed by atoms with Gasteiger partial charge in [-0.1, -0.05) is 353 Å². The molecule has 0 saturated carbocycles. The molecule has 2 aromatic heterocycles. The van der Waals surface area contributed by atoms with E-state index in [4.69, 9.17) is 0 Å². The lowest BCUT2D eigenvalue weighted by Gasteiger charge is -2.46. The van der Waals surface area contributed by atoms with Gasteiger partial charge >= 0.3 is 0 Å². The molecule has 0 aliphatic carbocycles. The number of nitrogens with zero attached hydrogens (tertiary/aromatic N) is 4. The molecule has 0 bridgehead atoms. The molecule has 113 heavy (non-hydrogen) atoms. The third kappa shape index (κ3) is 11.7. The zero-order chi connectivity index (χ0) is 90.5. The minimum absolute atomic E-state index is 0.0574. The summed E-state index contributed by atoms with van der Waals surface area (Å²) in [4.78, 5) is 4.71. The highest BCUT2D eigenvalue weighted by Gasteiger charge is 2.46. The summed E-state index contributed by atoms with van der Waals surface area (Å²) in [6.45, 7) is 19.2. The van der Waals surface area contributed by atoms with E-state index in [0.717, 1.165) is 122 Å². The van der Waals surface area contributed by atoms with Crippen LogP contribution in [0.15, 0.2) is 364 Å². The first-order valence-electron chi connectivity index (χ1n) is 46.6. The van der Waals surface area contributed by atoms with Gasteiger partial charge in [-0.25, -0.2) is 0 Å². The first-order valence-corrected chi connectivity index (χ1v) is 38.6. The Morgan fingerprint density at radius 2 is 0.549 bits per heavy atom. The summed E-state index contributed by atoms with van der Waals surface area (Å²) in [5.41, 5.74) is 21.2. The Labute approximate surface area is 686 Å². The Kier molecular flexibility index (Phi) is 12.7. The van der Waals surface area contributed by atoms with Crippen molar-refractivity contribution in [2.75, 3.05) is 9.80 Å². The second-order valence-corrected chi connectivity index (χ2v) is 32.9. The van der Waals surface area contributed by atoms with Gasteiger partial charge in [0.1, 0.15) is 0 Å². The van der Waals surface area contributed by atoms with Gasteiger partial charge in [0.15, 0.2) is 0 Å². The van der Waals surface area contributed by atoms with Crippen LogP contribution in [0.2, 0.25) is 0 Å². The van der Waals surface area contributed by atoms with E-state index in [9.17, 15) is 21.9 Å². The molecule has 2 aliphatic heterocycles. The van der Waals surface area contributed by atoms with Crippen molar-refractivity contribution in [1.29, 1.82) is 0 Å². The van der Waals surface area contributed by atoms with Crippen LogP contribution in [0, 0.1) is 0 Å². The molecule has 0 amide bonds. The summed E-state index contributed by atoms with van der Waals surface area (Å²) < 4.78 is 157. The highest BCUT2D eigenvalue weighted by atomic mass is 15.2. The molecule has 542 valence electrons. The van der Waals surface area contributed by atoms with Gasteiger partial charge in [0.2, 0.25) is 0 Å². The smallest absolute Gasteiger partial charge is 0.252 e. The Morgan fingerprint density at radius 1 is 0.248 bits per heavy atom. The van der Waals surface area contributed by atoms with Gasteiger partial charge in [-0.3, -0.25) is 0 Å². The van der Waals surface area contributed by atoms with Gasteiger partial charge < -0.3 is 18.9 Å². The van der Waals surface area contributed by atoms with Crippen molar-refractivity contribution in [3.63, 3.8) is 0 Å². The molecule has 2 aliphatic rings. The molecular weight excluding hydrogens is 1360 g/mol. The molecule has 0 atom stereocenters. The Balaban J connectivity index is 1.02. The molecule has 20 rings (SSSR count). The summed E-state index contributed by atoms with van der Waals surface area (Å²) in [5, 5.41) is -0.321. The summed E-state index contributed by atoms with van der Waals surface area (Å²) in [6, 6.07) is 84.3. The maximum absolute atomic E-state index is 10.0. The Hall–Kier alpha value is -13.2. The van der Waals surface area contributed by atoms with Crippen LogP contribution in [0.5, 0.6) is 0 Å². The molecule has 0 saturated heterocycles. The number of hydrogen-bond acceptors (Lipinski definition) is 2. The molecule has 5 heteroatoms. The summed E-state index contributed by atoms with van der Waals surface area (Å²) in [5.74, 6) is 0. The second-order valence-electron chi connectivity index (χ2n) is 32.9. The van der Waals surface area contributed by atoms with Crippen molar-refractivity contribution < 1.29 is 21.9 Å². The lowest BCUT2D eigenvalue weighted by molar-refractivity contribution is 0.569. The number of benzene rings is 16. The largest absolute Gasteiger partial charge is 0.310 e. The van der Waals surface area contributed by atoms with Crippen LogP contribution >= 0.6 is 0 Å². The topological polar surface area (TPSA) is 16.3 Å². The maximum atomic E-state index is 10.0. The van der Waals surface area contributed by atoms with Crippen molar-refractivity contribution >= 4 is 101 Å². The number of hydrogen-bond donors (Lipinski definition) is 0. The van der Waals surface area contributed by atoms with Crippen molar-refractivity contribution in [2.45, 2.75) is 78.6 Å². The SMILES string of the molecule is [2H]c1c([2H])c([2H])c2c(c1[2H])c1c([2H])c([2H])c([2H])c([2H])c1n2-c1ccc2c(c1)N(c1c(-c3ccc(-c4ccccc4)cc3)cccc1-c1ccc(-c3ccccc3)cc1)c1cc(-c3cc(C(C)(C)C)cc(C(C)(C)C)c3)cc3c1B2c1ccc(-n2c4c([2H])c([2H])c([2H])c([2H])c4c4c([2H])c([2H])c([2H])c([2H])c42)cc1N3c1c(-c2ccccc2)cc(C(C)(C)C)cc1-c1ccccc1. The quantitative estimate of drug-likeness (QED) is 0.120. The standard InChI is InChI=1S/C108H87BN4/c1-106(2,3)80-61-78(62-81(65-80)107(4,5)6)79-63-101-103-102(64-79)113(105-91(74-35-18-12-19-36-74)66-82(108(7,8)9)67-92(105)75-37-20-13-21-38-75)100-69-84(111-97-47-28-24-41-89(97)90-42-25-29-48-98(90)111)58-60-94(100)109(103)93-59-57-83(110-95-45-26-22-39-87(95)88-40-23-27-46-96(88)110)68-99(93)112(101)104-85(76-53-49-72(50-54-76)70-31-14-10-15-32-70)43-30-44-86(104)77-55-51-73(52-56-77)71-33-16-11-17-34-71/h10-69H,1-9H3/i22D,23D,24D,25D,26D,27D,28D,29D,39D,40D,41D,42D,45D,46D,47D,48D. The third-order valence-corrected chi connectivity index (χ3v) is 22.9. The van der Waals surface area contributed by atoms with Gasteiger partial charge in [0.25, 0.3) is 6.71 Å².